The molecule has 0 radical (unpaired) electrons. The van der Waals surface area contributed by atoms with Gasteiger partial charge in [-0.05, 0) is 11.4 Å². The minimum atomic E-state index is -0.920. The van der Waals surface area contributed by atoms with Crippen molar-refractivity contribution in [2.24, 2.45) is 5.10 Å². The van der Waals surface area contributed by atoms with Gasteiger partial charge in [-0.15, -0.1) is 11.3 Å². The van der Waals surface area contributed by atoms with Crippen LogP contribution in [-0.2, 0) is 0 Å². The van der Waals surface area contributed by atoms with Gasteiger partial charge < -0.3 is 5.43 Å². The molecule has 2 heterocycles. The average Bonchev–Trinajstić information content (AvgIpc) is 2.97. The maximum Gasteiger partial charge on any atom is 0.134 e. The number of rotatable bonds is 2. The van der Waals surface area contributed by atoms with E-state index in [1.165, 1.54) is 11.3 Å². The first-order valence-electron chi connectivity index (χ1n) is 5.65. The minimum absolute atomic E-state index is 0.170. The molecule has 2 aromatic rings. The molecule has 0 aliphatic carbocycles. The molecule has 1 N–H and O–H groups in total. The summed E-state index contributed by atoms with van der Waals surface area (Å²) >= 11 is 1.51. The lowest BCUT2D eigenvalue weighted by atomic mass is 10.0. The zero-order valence-corrected chi connectivity index (χ0v) is 10.5. The highest BCUT2D eigenvalue weighted by Gasteiger charge is 2.27. The maximum atomic E-state index is 13.7. The van der Waals surface area contributed by atoms with Crippen LogP contribution in [0, 0.1) is 17.5 Å². The van der Waals surface area contributed by atoms with Crippen LogP contribution >= 0.6 is 11.3 Å². The van der Waals surface area contributed by atoms with Crippen LogP contribution in [0.25, 0.3) is 0 Å². The van der Waals surface area contributed by atoms with E-state index in [9.17, 15) is 13.2 Å². The largest absolute Gasteiger partial charge is 0.302 e. The fraction of sp³-hybridized carbons (Fsp3) is 0.154. The van der Waals surface area contributed by atoms with Gasteiger partial charge in [0.25, 0.3) is 0 Å². The van der Waals surface area contributed by atoms with Crippen molar-refractivity contribution in [3.63, 3.8) is 0 Å². The van der Waals surface area contributed by atoms with E-state index in [1.807, 2.05) is 17.5 Å². The Labute approximate surface area is 111 Å². The van der Waals surface area contributed by atoms with E-state index in [2.05, 4.69) is 10.5 Å². The number of hydrogen-bond acceptors (Lipinski definition) is 3. The van der Waals surface area contributed by atoms with Gasteiger partial charge in [0.05, 0.1) is 16.6 Å². The topological polar surface area (TPSA) is 24.4 Å². The third-order valence-electron chi connectivity index (χ3n) is 2.95. The first kappa shape index (κ1) is 12.2. The molecule has 0 bridgehead atoms. The molecular weight excluding hydrogens is 273 g/mol. The lowest BCUT2D eigenvalue weighted by Crippen LogP contribution is -2.14. The van der Waals surface area contributed by atoms with Gasteiger partial charge in [-0.3, -0.25) is 0 Å². The summed E-state index contributed by atoms with van der Waals surface area (Å²) in [5, 5.41) is 6.00. The normalized spacial score (nSPS) is 18.3. The molecule has 2 nitrogen and oxygen atoms in total. The number of nitrogens with zero attached hydrogens (tertiary/aromatic N) is 1. The molecule has 6 heteroatoms. The van der Waals surface area contributed by atoms with Gasteiger partial charge in [-0.25, -0.2) is 13.2 Å². The van der Waals surface area contributed by atoms with Crippen molar-refractivity contribution in [1.82, 2.24) is 5.43 Å². The number of nitrogens with one attached hydrogen (secondary N) is 1. The van der Waals surface area contributed by atoms with Gasteiger partial charge in [0.2, 0.25) is 0 Å². The van der Waals surface area contributed by atoms with Gasteiger partial charge >= 0.3 is 0 Å². The van der Waals surface area contributed by atoms with E-state index in [0.717, 1.165) is 10.6 Å². The molecule has 0 spiro atoms. The van der Waals surface area contributed by atoms with Crippen molar-refractivity contribution in [2.75, 3.05) is 0 Å². The van der Waals surface area contributed by atoms with Crippen LogP contribution in [0.4, 0.5) is 13.2 Å². The molecule has 0 amide bonds. The first-order chi connectivity index (χ1) is 9.15. The molecule has 19 heavy (non-hydrogen) atoms. The fourth-order valence-corrected chi connectivity index (χ4v) is 2.82. The van der Waals surface area contributed by atoms with E-state index in [4.69, 9.17) is 0 Å². The van der Waals surface area contributed by atoms with E-state index in [1.54, 1.807) is 0 Å². The summed E-state index contributed by atoms with van der Waals surface area (Å²) in [5.74, 6) is -2.70. The monoisotopic (exact) mass is 282 g/mol. The Morgan fingerprint density at radius 1 is 1.21 bits per heavy atom. The summed E-state index contributed by atoms with van der Waals surface area (Å²) in [6.07, 6.45) is 0.375. The van der Waals surface area contributed by atoms with E-state index < -0.39 is 23.5 Å². The van der Waals surface area contributed by atoms with Crippen LogP contribution < -0.4 is 5.43 Å². The van der Waals surface area contributed by atoms with Gasteiger partial charge in [-0.1, -0.05) is 6.07 Å². The fourth-order valence-electron chi connectivity index (χ4n) is 2.09. The Balaban J connectivity index is 1.87. The third kappa shape index (κ3) is 2.23. The van der Waals surface area contributed by atoms with E-state index in [0.29, 0.717) is 18.6 Å². The highest BCUT2D eigenvalue weighted by atomic mass is 32.1. The van der Waals surface area contributed by atoms with Gasteiger partial charge in [0.1, 0.15) is 17.5 Å². The Morgan fingerprint density at radius 2 is 1.95 bits per heavy atom. The molecule has 0 fully saturated rings. The maximum absolute atomic E-state index is 13.7. The summed E-state index contributed by atoms with van der Waals surface area (Å²) in [6, 6.07) is 4.55. The number of benzene rings is 1. The highest BCUT2D eigenvalue weighted by molar-refractivity contribution is 7.12. The quantitative estimate of drug-likeness (QED) is 0.894. The van der Waals surface area contributed by atoms with E-state index >= 15 is 0 Å². The van der Waals surface area contributed by atoms with Gasteiger partial charge in [-0.2, -0.15) is 5.10 Å². The zero-order valence-electron chi connectivity index (χ0n) is 9.66. The smallest absolute Gasteiger partial charge is 0.134 e. The Kier molecular flexibility index (Phi) is 3.02. The molecule has 0 saturated carbocycles. The van der Waals surface area contributed by atoms with Crippen LogP contribution in [-0.4, -0.2) is 5.71 Å². The first-order valence-corrected chi connectivity index (χ1v) is 6.53. The van der Waals surface area contributed by atoms with Crippen molar-refractivity contribution < 1.29 is 13.2 Å². The van der Waals surface area contributed by atoms with Crippen molar-refractivity contribution in [3.8, 4) is 0 Å². The van der Waals surface area contributed by atoms with Crippen molar-refractivity contribution in [3.05, 3.63) is 57.5 Å². The summed E-state index contributed by atoms with van der Waals surface area (Å²) in [5.41, 5.74) is 3.29. The Bertz CT molecular complexity index is 614. The standard InChI is InChI=1S/C13H9F3N2S/c14-7-4-8(15)13(9(16)5-7)11-6-10(17-18-11)12-2-1-3-19-12/h1-5,11,18H,6H2. The molecular formula is C13H9F3N2S. The predicted octanol–water partition coefficient (Wildman–Crippen LogP) is 3.60. The SMILES string of the molecule is Fc1cc(F)c(C2CC(c3cccs3)=NN2)c(F)c1. The molecule has 1 aliphatic rings. The second kappa shape index (κ2) is 4.70. The van der Waals surface area contributed by atoms with Gasteiger partial charge in [0.15, 0.2) is 0 Å². The number of halogens is 3. The van der Waals surface area contributed by atoms with Crippen molar-refractivity contribution in [2.45, 2.75) is 12.5 Å². The van der Waals surface area contributed by atoms with Crippen molar-refractivity contribution >= 4 is 17.0 Å². The lowest BCUT2D eigenvalue weighted by Gasteiger charge is -2.12. The molecule has 1 atom stereocenters. The number of hydrazone groups is 1. The molecule has 1 aromatic carbocycles. The second-order valence-electron chi connectivity index (χ2n) is 4.20. The predicted molar refractivity (Wildman–Crippen MR) is 67.7 cm³/mol. The summed E-state index contributed by atoms with van der Waals surface area (Å²) in [7, 11) is 0. The van der Waals surface area contributed by atoms with Gasteiger partial charge in [0, 0.05) is 24.1 Å². The third-order valence-corrected chi connectivity index (χ3v) is 3.87. The highest BCUT2D eigenvalue weighted by Crippen LogP contribution is 2.30. The van der Waals surface area contributed by atoms with Crippen LogP contribution in [0.1, 0.15) is 22.9 Å². The summed E-state index contributed by atoms with van der Waals surface area (Å²) in [6.45, 7) is 0. The molecule has 1 aromatic heterocycles. The second-order valence-corrected chi connectivity index (χ2v) is 5.15. The Hall–Kier alpha value is -1.82. The zero-order chi connectivity index (χ0) is 13.4. The molecule has 1 unspecified atom stereocenters. The molecule has 0 saturated heterocycles. The van der Waals surface area contributed by atoms with Crippen LogP contribution in [0.3, 0.4) is 0 Å². The Morgan fingerprint density at radius 3 is 2.58 bits per heavy atom. The van der Waals surface area contributed by atoms with E-state index in [-0.39, 0.29) is 5.56 Å². The summed E-state index contributed by atoms with van der Waals surface area (Å²) in [4.78, 5) is 0.956. The lowest BCUT2D eigenvalue weighted by molar-refractivity contribution is 0.484. The molecule has 3 rings (SSSR count). The minimum Gasteiger partial charge on any atom is -0.302 e. The summed E-state index contributed by atoms with van der Waals surface area (Å²) < 4.78 is 40.2. The molecule has 98 valence electrons. The van der Waals surface area contributed by atoms with Crippen LogP contribution in [0.5, 0.6) is 0 Å². The van der Waals surface area contributed by atoms with Crippen LogP contribution in [0.15, 0.2) is 34.7 Å². The number of thiophene rings is 1. The van der Waals surface area contributed by atoms with Crippen LogP contribution in [0.2, 0.25) is 0 Å². The average molecular weight is 282 g/mol. The number of hydrogen-bond donors (Lipinski definition) is 1. The van der Waals surface area contributed by atoms with Crippen molar-refractivity contribution in [1.29, 1.82) is 0 Å². The molecule has 1 aliphatic heterocycles.